The lowest BCUT2D eigenvalue weighted by atomic mass is 10.2. The zero-order valence-electron chi connectivity index (χ0n) is 18.3. The Labute approximate surface area is 202 Å². The van der Waals surface area contributed by atoms with E-state index in [9.17, 15) is 4.79 Å². The van der Waals surface area contributed by atoms with E-state index in [2.05, 4.69) is 44.7 Å². The molecule has 0 atom stereocenters. The van der Waals surface area contributed by atoms with E-state index in [4.69, 9.17) is 9.40 Å². The average molecular weight is 511 g/mol. The van der Waals surface area contributed by atoms with Gasteiger partial charge in [0.1, 0.15) is 5.58 Å². The molecule has 0 aliphatic carbocycles. The summed E-state index contributed by atoms with van der Waals surface area (Å²) in [5, 5.41) is 7.11. The Morgan fingerprint density at radius 3 is 2.68 bits per heavy atom. The number of para-hydroxylation sites is 2. The molecule has 0 aliphatic rings. The first-order chi connectivity index (χ1) is 16.6. The van der Waals surface area contributed by atoms with Crippen molar-refractivity contribution in [3.63, 3.8) is 0 Å². The summed E-state index contributed by atoms with van der Waals surface area (Å²) in [6.45, 7) is 2.94. The molecule has 34 heavy (non-hydrogen) atoms. The first-order valence-electron chi connectivity index (χ1n) is 11.0. The van der Waals surface area contributed by atoms with Crippen molar-refractivity contribution in [3.8, 4) is 11.6 Å². The molecule has 6 nitrogen and oxygen atoms in total. The van der Waals surface area contributed by atoms with Crippen LogP contribution in [-0.2, 0) is 6.54 Å². The molecule has 3 aromatic heterocycles. The van der Waals surface area contributed by atoms with Gasteiger partial charge in [0.15, 0.2) is 5.76 Å². The fourth-order valence-electron chi connectivity index (χ4n) is 4.27. The molecule has 0 spiro atoms. The van der Waals surface area contributed by atoms with Crippen LogP contribution in [0.1, 0.15) is 12.5 Å². The van der Waals surface area contributed by atoms with Gasteiger partial charge in [0.05, 0.1) is 17.1 Å². The van der Waals surface area contributed by atoms with Gasteiger partial charge in [-0.25, -0.2) is 4.98 Å². The van der Waals surface area contributed by atoms with Gasteiger partial charge in [0, 0.05) is 39.1 Å². The molecule has 0 bridgehead atoms. The van der Waals surface area contributed by atoms with Gasteiger partial charge in [-0.3, -0.25) is 4.79 Å². The molecule has 6 aromatic rings. The highest BCUT2D eigenvalue weighted by Crippen LogP contribution is 2.29. The average Bonchev–Trinajstić information content (AvgIpc) is 3.44. The van der Waals surface area contributed by atoms with Crippen LogP contribution in [0, 0.1) is 0 Å². The van der Waals surface area contributed by atoms with Crippen LogP contribution in [0.4, 0.5) is 0 Å². The van der Waals surface area contributed by atoms with Crippen LogP contribution in [0.5, 0.6) is 0 Å². The normalized spacial score (nSPS) is 11.9. The minimum atomic E-state index is -0.252. The van der Waals surface area contributed by atoms with E-state index in [1.807, 2.05) is 60.8 Å². The maximum Gasteiger partial charge on any atom is 0.282 e. The second-order valence-corrected chi connectivity index (χ2v) is 8.91. The van der Waals surface area contributed by atoms with Gasteiger partial charge < -0.3 is 8.98 Å². The van der Waals surface area contributed by atoms with E-state index in [-0.39, 0.29) is 5.56 Å². The van der Waals surface area contributed by atoms with Crippen LogP contribution in [0.15, 0.2) is 97.8 Å². The summed E-state index contributed by atoms with van der Waals surface area (Å²) in [4.78, 5) is 18.3. The Balaban J connectivity index is 1.58. The molecule has 0 N–H and O–H groups in total. The second kappa shape index (κ2) is 8.11. The van der Waals surface area contributed by atoms with Gasteiger partial charge in [0.2, 0.25) is 5.82 Å². The summed E-state index contributed by atoms with van der Waals surface area (Å²) in [5.41, 5.74) is 3.11. The summed E-state index contributed by atoms with van der Waals surface area (Å²) >= 11 is 3.50. The van der Waals surface area contributed by atoms with E-state index in [1.165, 1.54) is 4.68 Å². The van der Waals surface area contributed by atoms with Crippen molar-refractivity contribution in [1.82, 2.24) is 14.2 Å². The van der Waals surface area contributed by atoms with Crippen molar-refractivity contribution in [2.24, 2.45) is 5.10 Å². The van der Waals surface area contributed by atoms with Crippen LogP contribution in [-0.4, -0.2) is 20.4 Å². The number of halogens is 1. The van der Waals surface area contributed by atoms with E-state index in [1.54, 1.807) is 12.3 Å². The number of hydrogen-bond donors (Lipinski definition) is 0. The number of aromatic nitrogens is 3. The molecule has 0 amide bonds. The highest BCUT2D eigenvalue weighted by atomic mass is 79.9. The monoisotopic (exact) mass is 510 g/mol. The number of aryl methyl sites for hydroxylation is 1. The lowest BCUT2D eigenvalue weighted by Crippen LogP contribution is -2.20. The molecule has 0 radical (unpaired) electrons. The number of rotatable bonds is 4. The number of hydrogen-bond acceptors (Lipinski definition) is 4. The Hall–Kier alpha value is -3.97. The summed E-state index contributed by atoms with van der Waals surface area (Å²) in [5.74, 6) is 0.829. The number of furan rings is 1. The van der Waals surface area contributed by atoms with E-state index >= 15 is 0 Å². The zero-order chi connectivity index (χ0) is 23.2. The van der Waals surface area contributed by atoms with Gasteiger partial charge in [-0.05, 0) is 49.4 Å². The topological polar surface area (TPSA) is 65.3 Å². The lowest BCUT2D eigenvalue weighted by Gasteiger charge is -2.07. The molecular weight excluding hydrogens is 492 g/mol. The summed E-state index contributed by atoms with van der Waals surface area (Å²) < 4.78 is 10.5. The molecule has 0 aliphatic heterocycles. The maximum absolute atomic E-state index is 13.5. The molecule has 7 heteroatoms. The molecule has 3 aromatic carbocycles. The summed E-state index contributed by atoms with van der Waals surface area (Å²) in [6, 6.07) is 23.1. The van der Waals surface area contributed by atoms with Crippen LogP contribution in [0.2, 0.25) is 0 Å². The molecule has 6 rings (SSSR count). The van der Waals surface area contributed by atoms with Crippen molar-refractivity contribution in [3.05, 3.63) is 99.4 Å². The molecule has 0 unspecified atom stereocenters. The molecular formula is C27H19BrN4O2. The highest BCUT2D eigenvalue weighted by molar-refractivity contribution is 9.10. The van der Waals surface area contributed by atoms with Crippen LogP contribution in [0.3, 0.4) is 0 Å². The minimum Gasteiger partial charge on any atom is -0.453 e. The van der Waals surface area contributed by atoms with E-state index < -0.39 is 0 Å². The van der Waals surface area contributed by atoms with Gasteiger partial charge >= 0.3 is 0 Å². The third-order valence-electron chi connectivity index (χ3n) is 5.92. The predicted molar refractivity (Wildman–Crippen MR) is 140 cm³/mol. The fourth-order valence-corrected chi connectivity index (χ4v) is 4.65. The Morgan fingerprint density at radius 1 is 1.03 bits per heavy atom. The summed E-state index contributed by atoms with van der Waals surface area (Å²) in [6.07, 6.45) is 3.77. The third kappa shape index (κ3) is 3.36. The molecule has 0 fully saturated rings. The van der Waals surface area contributed by atoms with Crippen molar-refractivity contribution in [2.45, 2.75) is 13.5 Å². The predicted octanol–water partition coefficient (Wildman–Crippen LogP) is 6.43. The number of benzene rings is 3. The van der Waals surface area contributed by atoms with Crippen LogP contribution < -0.4 is 5.56 Å². The van der Waals surface area contributed by atoms with Crippen LogP contribution >= 0.6 is 15.9 Å². The van der Waals surface area contributed by atoms with Crippen LogP contribution in [0.25, 0.3) is 44.4 Å². The summed E-state index contributed by atoms with van der Waals surface area (Å²) in [7, 11) is 0. The molecule has 0 saturated heterocycles. The van der Waals surface area contributed by atoms with Gasteiger partial charge in [-0.2, -0.15) is 9.78 Å². The SMILES string of the molecule is CCn1cc(C=Nn2c(-c3cc4cc(Br)ccc4o3)nc3ccccc3c2=O)c2ccccc21. The van der Waals surface area contributed by atoms with Gasteiger partial charge in [-0.1, -0.05) is 46.3 Å². The molecule has 166 valence electrons. The largest absolute Gasteiger partial charge is 0.453 e. The Kier molecular flexibility index (Phi) is 4.92. The zero-order valence-corrected chi connectivity index (χ0v) is 19.9. The fraction of sp³-hybridized carbons (Fsp3) is 0.0741. The standard InChI is InChI=1S/C27H19BrN4O2/c1-2-31-16-18(20-7-4-6-10-23(20)31)15-29-32-26(30-22-9-5-3-8-21(22)27(32)33)25-14-17-13-19(28)11-12-24(17)34-25/h3-16H,2H2,1H3. The maximum atomic E-state index is 13.5. The Bertz CT molecular complexity index is 1790. The van der Waals surface area contributed by atoms with Crippen molar-refractivity contribution in [1.29, 1.82) is 0 Å². The lowest BCUT2D eigenvalue weighted by molar-refractivity contribution is 0.616. The first-order valence-corrected chi connectivity index (χ1v) is 11.7. The minimum absolute atomic E-state index is 0.252. The van der Waals surface area contributed by atoms with E-state index in [0.717, 1.165) is 32.9 Å². The number of nitrogens with zero attached hydrogens (tertiary/aromatic N) is 4. The Morgan fingerprint density at radius 2 is 1.82 bits per heavy atom. The van der Waals surface area contributed by atoms with Crippen molar-refractivity contribution < 1.29 is 4.42 Å². The van der Waals surface area contributed by atoms with Crippen molar-refractivity contribution in [2.75, 3.05) is 0 Å². The number of fused-ring (bicyclic) bond motifs is 3. The molecule has 0 saturated carbocycles. The second-order valence-electron chi connectivity index (χ2n) is 7.99. The van der Waals surface area contributed by atoms with Crippen molar-refractivity contribution >= 4 is 54.9 Å². The highest BCUT2D eigenvalue weighted by Gasteiger charge is 2.17. The first kappa shape index (κ1) is 20.6. The third-order valence-corrected chi connectivity index (χ3v) is 6.42. The quantitative estimate of drug-likeness (QED) is 0.256. The van der Waals surface area contributed by atoms with Gasteiger partial charge in [-0.15, -0.1) is 0 Å². The molecule has 3 heterocycles. The smallest absolute Gasteiger partial charge is 0.282 e. The van der Waals surface area contributed by atoms with E-state index in [0.29, 0.717) is 28.1 Å². The van der Waals surface area contributed by atoms with Gasteiger partial charge in [0.25, 0.3) is 5.56 Å².